The summed E-state index contributed by atoms with van der Waals surface area (Å²) in [6.07, 6.45) is -0.000000000000000444. The number of ether oxygens (including phenoxy) is 2. The lowest BCUT2D eigenvalue weighted by Crippen LogP contribution is -2.04. The average molecular weight is 426 g/mol. The van der Waals surface area contributed by atoms with Crippen LogP contribution < -0.4 is 0 Å². The molecule has 0 spiro atoms. The lowest BCUT2D eigenvalue weighted by atomic mass is 10.3. The van der Waals surface area contributed by atoms with Crippen LogP contribution in [-0.2, 0) is 9.47 Å². The van der Waals surface area contributed by atoms with Crippen molar-refractivity contribution in [3.05, 3.63) is 43.4 Å². The third-order valence-electron chi connectivity index (χ3n) is 2.90. The third kappa shape index (κ3) is 5.20. The van der Waals surface area contributed by atoms with Crippen molar-refractivity contribution in [3.8, 4) is 0 Å². The van der Waals surface area contributed by atoms with Gasteiger partial charge in [0.05, 0.1) is 24.3 Å². The first-order valence-corrected chi connectivity index (χ1v) is 8.42. The van der Waals surface area contributed by atoms with Gasteiger partial charge in [0.25, 0.3) is 0 Å². The smallest absolute Gasteiger partial charge is 0.189 e. The van der Waals surface area contributed by atoms with Crippen LogP contribution in [0.15, 0.2) is 0 Å². The standard InChI is InChI=1S/C8H8Cl2N2O2.C6H4Cl2N2O/c1-4-11-6(9)5(7(10)12-4)8-13-2-3-14-8;1-3-9-5(7)4(2-11)6(8)10-3/h8H,2-3H2,1H3;2H,1H3. The van der Waals surface area contributed by atoms with Gasteiger partial charge in [-0.2, -0.15) is 0 Å². The molecule has 0 bridgehead atoms. The van der Waals surface area contributed by atoms with Crippen molar-refractivity contribution >= 4 is 52.7 Å². The molecule has 11 heteroatoms. The Labute approximate surface area is 163 Å². The largest absolute Gasteiger partial charge is 0.346 e. The van der Waals surface area contributed by atoms with Crippen molar-refractivity contribution in [1.29, 1.82) is 0 Å². The molecule has 0 aromatic carbocycles. The van der Waals surface area contributed by atoms with Gasteiger partial charge in [0, 0.05) is 0 Å². The van der Waals surface area contributed by atoms with Gasteiger partial charge in [-0.25, -0.2) is 19.9 Å². The fourth-order valence-corrected chi connectivity index (χ4v) is 3.06. The molecule has 0 amide bonds. The van der Waals surface area contributed by atoms with Crippen molar-refractivity contribution < 1.29 is 14.3 Å². The minimum Gasteiger partial charge on any atom is -0.346 e. The topological polar surface area (TPSA) is 87.1 Å². The molecule has 0 saturated carbocycles. The molecule has 3 rings (SSSR count). The maximum Gasteiger partial charge on any atom is 0.189 e. The average Bonchev–Trinajstić information content (AvgIpc) is 3.00. The van der Waals surface area contributed by atoms with E-state index >= 15 is 0 Å². The molecule has 7 nitrogen and oxygen atoms in total. The fourth-order valence-electron chi connectivity index (χ4n) is 1.85. The van der Waals surface area contributed by atoms with E-state index in [4.69, 9.17) is 55.9 Å². The zero-order valence-electron chi connectivity index (χ0n) is 13.1. The number of hydrogen-bond donors (Lipinski definition) is 0. The quantitative estimate of drug-likeness (QED) is 0.529. The van der Waals surface area contributed by atoms with Crippen LogP contribution in [0.5, 0.6) is 0 Å². The number of rotatable bonds is 2. The summed E-state index contributed by atoms with van der Waals surface area (Å²) < 4.78 is 10.5. The van der Waals surface area contributed by atoms with E-state index in [9.17, 15) is 4.79 Å². The van der Waals surface area contributed by atoms with Crippen molar-refractivity contribution in [1.82, 2.24) is 19.9 Å². The van der Waals surface area contributed by atoms with Crippen molar-refractivity contribution in [3.63, 3.8) is 0 Å². The summed E-state index contributed by atoms with van der Waals surface area (Å²) >= 11 is 23.0. The summed E-state index contributed by atoms with van der Waals surface area (Å²) in [6, 6.07) is 0. The van der Waals surface area contributed by atoms with E-state index in [2.05, 4.69) is 19.9 Å². The minimum atomic E-state index is -0.532. The molecule has 134 valence electrons. The molecular formula is C14H12Cl4N4O3. The molecule has 2 aromatic rings. The van der Waals surface area contributed by atoms with Crippen LogP contribution >= 0.6 is 46.4 Å². The summed E-state index contributed by atoms with van der Waals surface area (Å²) in [4.78, 5) is 25.8. The number of carbonyl (C=O) groups is 1. The van der Waals surface area contributed by atoms with Crippen molar-refractivity contribution in [2.24, 2.45) is 0 Å². The highest BCUT2D eigenvalue weighted by molar-refractivity contribution is 6.37. The molecule has 0 atom stereocenters. The molecule has 1 aliphatic heterocycles. The summed E-state index contributed by atoms with van der Waals surface area (Å²) in [6.45, 7) is 4.43. The normalized spacial score (nSPS) is 14.2. The predicted octanol–water partition coefficient (Wildman–Crippen LogP) is 4.04. The van der Waals surface area contributed by atoms with Gasteiger partial charge in [0.1, 0.15) is 32.3 Å². The maximum absolute atomic E-state index is 10.3. The number of aryl methyl sites for hydroxylation is 2. The molecule has 1 saturated heterocycles. The number of hydrogen-bond acceptors (Lipinski definition) is 7. The Morgan fingerprint density at radius 2 is 1.24 bits per heavy atom. The van der Waals surface area contributed by atoms with Crippen LogP contribution in [0.2, 0.25) is 20.6 Å². The van der Waals surface area contributed by atoms with Gasteiger partial charge < -0.3 is 9.47 Å². The van der Waals surface area contributed by atoms with Gasteiger partial charge in [0.15, 0.2) is 12.6 Å². The molecule has 1 fully saturated rings. The first-order chi connectivity index (χ1) is 11.8. The molecule has 2 aromatic heterocycles. The Morgan fingerprint density at radius 1 is 0.840 bits per heavy atom. The Balaban J connectivity index is 0.000000186. The van der Waals surface area contributed by atoms with Gasteiger partial charge in [-0.3, -0.25) is 4.79 Å². The van der Waals surface area contributed by atoms with E-state index in [0.717, 1.165) is 0 Å². The SMILES string of the molecule is Cc1nc(Cl)c(C2OCCO2)c(Cl)n1.Cc1nc(Cl)c(C=O)c(Cl)n1. The first kappa shape index (κ1) is 20.2. The second-order valence-electron chi connectivity index (χ2n) is 4.72. The zero-order chi connectivity index (χ0) is 18.6. The van der Waals surface area contributed by atoms with Crippen LogP contribution in [0.25, 0.3) is 0 Å². The molecular weight excluding hydrogens is 414 g/mol. The molecule has 0 aliphatic carbocycles. The number of carbonyl (C=O) groups excluding carboxylic acids is 1. The number of aromatic nitrogens is 4. The molecule has 25 heavy (non-hydrogen) atoms. The summed E-state index contributed by atoms with van der Waals surface area (Å²) in [5.41, 5.74) is 0.648. The van der Waals surface area contributed by atoms with E-state index in [1.54, 1.807) is 13.8 Å². The van der Waals surface area contributed by atoms with E-state index in [0.29, 0.717) is 36.7 Å². The first-order valence-electron chi connectivity index (χ1n) is 6.91. The second-order valence-corrected chi connectivity index (χ2v) is 6.16. The molecule has 0 N–H and O–H groups in total. The highest BCUT2D eigenvalue weighted by Gasteiger charge is 2.25. The third-order valence-corrected chi connectivity index (χ3v) is 4.06. The highest BCUT2D eigenvalue weighted by atomic mass is 35.5. The number of aldehydes is 1. The van der Waals surface area contributed by atoms with Crippen molar-refractivity contribution in [2.45, 2.75) is 20.1 Å². The molecule has 0 unspecified atom stereocenters. The van der Waals surface area contributed by atoms with E-state index in [1.165, 1.54) is 0 Å². The van der Waals surface area contributed by atoms with Crippen molar-refractivity contribution in [2.75, 3.05) is 13.2 Å². The van der Waals surface area contributed by atoms with Crippen LogP contribution in [0.4, 0.5) is 0 Å². The van der Waals surface area contributed by atoms with Crippen LogP contribution in [-0.4, -0.2) is 39.4 Å². The van der Waals surface area contributed by atoms with Gasteiger partial charge in [0.2, 0.25) is 0 Å². The van der Waals surface area contributed by atoms with Crippen LogP contribution in [0.1, 0.15) is 33.9 Å². The molecule has 0 radical (unpaired) electrons. The second kappa shape index (κ2) is 9.02. The Bertz CT molecular complexity index is 739. The monoisotopic (exact) mass is 424 g/mol. The fraction of sp³-hybridized carbons (Fsp3) is 0.357. The van der Waals surface area contributed by atoms with E-state index in [1.807, 2.05) is 0 Å². The van der Waals surface area contributed by atoms with Crippen LogP contribution in [0.3, 0.4) is 0 Å². The minimum absolute atomic E-state index is 0.0949. The summed E-state index contributed by atoms with van der Waals surface area (Å²) in [5.74, 6) is 0.979. The predicted molar refractivity (Wildman–Crippen MR) is 93.6 cm³/mol. The van der Waals surface area contributed by atoms with Gasteiger partial charge in [-0.1, -0.05) is 46.4 Å². The lowest BCUT2D eigenvalue weighted by molar-refractivity contribution is -0.0444. The number of nitrogens with zero attached hydrogens (tertiary/aromatic N) is 4. The van der Waals surface area contributed by atoms with Gasteiger partial charge >= 0.3 is 0 Å². The molecule has 1 aliphatic rings. The summed E-state index contributed by atoms with van der Waals surface area (Å²) in [7, 11) is 0. The van der Waals surface area contributed by atoms with Gasteiger partial charge in [-0.05, 0) is 13.8 Å². The highest BCUT2D eigenvalue weighted by Crippen LogP contribution is 2.32. The summed E-state index contributed by atoms with van der Waals surface area (Å²) in [5, 5.41) is 0.763. The Kier molecular flexibility index (Phi) is 7.30. The Morgan fingerprint density at radius 3 is 1.64 bits per heavy atom. The maximum atomic E-state index is 10.3. The number of halogens is 4. The van der Waals surface area contributed by atoms with Gasteiger partial charge in [-0.15, -0.1) is 0 Å². The molecule has 3 heterocycles. The lowest BCUT2D eigenvalue weighted by Gasteiger charge is -2.11. The Hall–Kier alpha value is -1.09. The van der Waals surface area contributed by atoms with E-state index < -0.39 is 6.29 Å². The van der Waals surface area contributed by atoms with Crippen LogP contribution in [0, 0.1) is 13.8 Å². The van der Waals surface area contributed by atoms with E-state index in [-0.39, 0.29) is 26.2 Å². The zero-order valence-corrected chi connectivity index (χ0v) is 16.1.